The Morgan fingerprint density at radius 3 is 2.89 bits per heavy atom. The lowest BCUT2D eigenvalue weighted by Gasteiger charge is -2.18. The van der Waals surface area contributed by atoms with Crippen molar-refractivity contribution < 1.29 is 4.74 Å². The molecule has 0 bridgehead atoms. The molecule has 0 saturated heterocycles. The van der Waals surface area contributed by atoms with Crippen LogP contribution in [-0.2, 0) is 12.8 Å². The molecule has 3 nitrogen and oxygen atoms in total. The zero-order valence-electron chi connectivity index (χ0n) is 11.8. The molecular weight excluding hydrogens is 236 g/mol. The number of H-pyrrole nitrogens is 1. The summed E-state index contributed by atoms with van der Waals surface area (Å²) >= 11 is 0. The minimum atomic E-state index is 0.927. The molecular formula is C16H22N2O. The van der Waals surface area contributed by atoms with E-state index in [2.05, 4.69) is 35.0 Å². The monoisotopic (exact) mass is 258 g/mol. The van der Waals surface area contributed by atoms with Crippen LogP contribution in [-0.4, -0.2) is 36.6 Å². The zero-order chi connectivity index (χ0) is 13.2. The highest BCUT2D eigenvalue weighted by Crippen LogP contribution is 2.28. The van der Waals surface area contributed by atoms with Crippen LogP contribution < -0.4 is 4.74 Å². The van der Waals surface area contributed by atoms with Crippen LogP contribution in [0.15, 0.2) is 18.2 Å². The largest absolute Gasteiger partial charge is 0.497 e. The van der Waals surface area contributed by atoms with Crippen molar-refractivity contribution in [3.05, 3.63) is 29.5 Å². The number of hydrogen-bond acceptors (Lipinski definition) is 2. The van der Waals surface area contributed by atoms with E-state index in [9.17, 15) is 0 Å². The van der Waals surface area contributed by atoms with E-state index >= 15 is 0 Å². The van der Waals surface area contributed by atoms with E-state index in [1.54, 1.807) is 7.11 Å². The van der Waals surface area contributed by atoms with Gasteiger partial charge in [0.25, 0.3) is 0 Å². The lowest BCUT2D eigenvalue weighted by molar-refractivity contribution is 0.288. The van der Waals surface area contributed by atoms with Gasteiger partial charge in [-0.2, -0.15) is 0 Å². The summed E-state index contributed by atoms with van der Waals surface area (Å²) in [6, 6.07) is 6.36. The Balaban J connectivity index is 1.92. The van der Waals surface area contributed by atoms with E-state index in [-0.39, 0.29) is 0 Å². The molecule has 1 aliphatic heterocycles. The SMILES string of the molecule is CCCN1CCc2[nH]c3cc(OC)ccc3c2CC1. The van der Waals surface area contributed by atoms with Gasteiger partial charge in [-0.05, 0) is 37.1 Å². The van der Waals surface area contributed by atoms with E-state index in [0.29, 0.717) is 0 Å². The molecule has 0 fully saturated rings. The molecule has 0 unspecified atom stereocenters. The molecule has 1 aromatic heterocycles. The summed E-state index contributed by atoms with van der Waals surface area (Å²) in [6.45, 7) is 5.83. The standard InChI is InChI=1S/C16H22N2O/c1-3-8-18-9-6-14-13-5-4-12(19-2)11-16(13)17-15(14)7-10-18/h4-5,11,17H,3,6-10H2,1-2H3. The third-order valence-electron chi connectivity index (χ3n) is 4.10. The molecule has 1 N–H and O–H groups in total. The molecule has 0 spiro atoms. The number of ether oxygens (including phenoxy) is 1. The molecule has 1 aliphatic rings. The number of methoxy groups -OCH3 is 1. The first kappa shape index (κ1) is 12.5. The van der Waals surface area contributed by atoms with E-state index in [0.717, 1.165) is 18.6 Å². The minimum absolute atomic E-state index is 0.927. The average Bonchev–Trinajstić information content (AvgIpc) is 2.66. The molecule has 0 atom stereocenters. The van der Waals surface area contributed by atoms with E-state index < -0.39 is 0 Å². The van der Waals surface area contributed by atoms with Gasteiger partial charge in [-0.15, -0.1) is 0 Å². The Kier molecular flexibility index (Phi) is 3.47. The van der Waals surface area contributed by atoms with Gasteiger partial charge in [-0.3, -0.25) is 0 Å². The summed E-state index contributed by atoms with van der Waals surface area (Å²) in [7, 11) is 1.72. The molecule has 3 heteroatoms. The maximum atomic E-state index is 5.30. The molecule has 102 valence electrons. The molecule has 3 rings (SSSR count). The highest BCUT2D eigenvalue weighted by molar-refractivity contribution is 5.86. The Bertz CT molecular complexity index is 573. The lowest BCUT2D eigenvalue weighted by atomic mass is 10.1. The number of aromatic amines is 1. The van der Waals surface area contributed by atoms with E-state index in [1.165, 1.54) is 48.2 Å². The molecule has 2 aromatic rings. The van der Waals surface area contributed by atoms with Crippen LogP contribution in [0.3, 0.4) is 0 Å². The van der Waals surface area contributed by atoms with Crippen molar-refractivity contribution in [2.24, 2.45) is 0 Å². The Morgan fingerprint density at radius 2 is 2.11 bits per heavy atom. The van der Waals surface area contributed by atoms with Gasteiger partial charge in [0, 0.05) is 42.2 Å². The predicted octanol–water partition coefficient (Wildman–Crippen LogP) is 2.99. The van der Waals surface area contributed by atoms with Gasteiger partial charge in [-0.1, -0.05) is 6.92 Å². The summed E-state index contributed by atoms with van der Waals surface area (Å²) in [5, 5.41) is 1.37. The van der Waals surface area contributed by atoms with Crippen molar-refractivity contribution in [2.75, 3.05) is 26.7 Å². The Morgan fingerprint density at radius 1 is 1.26 bits per heavy atom. The van der Waals surface area contributed by atoms with E-state index in [4.69, 9.17) is 4.74 Å². The number of benzene rings is 1. The minimum Gasteiger partial charge on any atom is -0.497 e. The third kappa shape index (κ3) is 2.35. The van der Waals surface area contributed by atoms with E-state index in [1.807, 2.05) is 0 Å². The van der Waals surface area contributed by atoms with Crippen LogP contribution in [0.1, 0.15) is 24.6 Å². The second-order valence-corrected chi connectivity index (χ2v) is 5.34. The fourth-order valence-corrected chi connectivity index (χ4v) is 3.11. The first-order chi connectivity index (χ1) is 9.31. The molecule has 0 amide bonds. The van der Waals surface area contributed by atoms with Gasteiger partial charge in [0.15, 0.2) is 0 Å². The van der Waals surface area contributed by atoms with Gasteiger partial charge < -0.3 is 14.6 Å². The van der Waals surface area contributed by atoms with Crippen molar-refractivity contribution in [3.63, 3.8) is 0 Å². The number of nitrogens with one attached hydrogen (secondary N) is 1. The first-order valence-corrected chi connectivity index (χ1v) is 7.21. The van der Waals surface area contributed by atoms with Crippen LogP contribution in [0.2, 0.25) is 0 Å². The first-order valence-electron chi connectivity index (χ1n) is 7.21. The van der Waals surface area contributed by atoms with Gasteiger partial charge in [-0.25, -0.2) is 0 Å². The van der Waals surface area contributed by atoms with Crippen LogP contribution in [0.4, 0.5) is 0 Å². The summed E-state index contributed by atoms with van der Waals surface area (Å²) in [6.07, 6.45) is 3.53. The number of nitrogens with zero attached hydrogens (tertiary/aromatic N) is 1. The Hall–Kier alpha value is -1.48. The fourth-order valence-electron chi connectivity index (χ4n) is 3.11. The summed E-state index contributed by atoms with van der Waals surface area (Å²) in [5.74, 6) is 0.927. The molecule has 0 saturated carbocycles. The van der Waals surface area contributed by atoms with Crippen molar-refractivity contribution in [2.45, 2.75) is 26.2 Å². The number of hydrogen-bond donors (Lipinski definition) is 1. The van der Waals surface area contributed by atoms with Crippen LogP contribution in [0.5, 0.6) is 5.75 Å². The van der Waals surface area contributed by atoms with Crippen molar-refractivity contribution in [1.82, 2.24) is 9.88 Å². The molecule has 0 radical (unpaired) electrons. The van der Waals surface area contributed by atoms with Gasteiger partial charge in [0.05, 0.1) is 7.11 Å². The maximum Gasteiger partial charge on any atom is 0.120 e. The number of aromatic nitrogens is 1. The summed E-state index contributed by atoms with van der Waals surface area (Å²) in [4.78, 5) is 6.16. The van der Waals surface area contributed by atoms with Crippen LogP contribution in [0, 0.1) is 0 Å². The second-order valence-electron chi connectivity index (χ2n) is 5.34. The number of rotatable bonds is 3. The van der Waals surface area contributed by atoms with Crippen molar-refractivity contribution in [1.29, 1.82) is 0 Å². The fraction of sp³-hybridized carbons (Fsp3) is 0.500. The Labute approximate surface area is 114 Å². The highest BCUT2D eigenvalue weighted by atomic mass is 16.5. The van der Waals surface area contributed by atoms with Gasteiger partial charge in [0.1, 0.15) is 5.75 Å². The van der Waals surface area contributed by atoms with Crippen LogP contribution in [0.25, 0.3) is 10.9 Å². The smallest absolute Gasteiger partial charge is 0.120 e. The molecule has 2 heterocycles. The molecule has 19 heavy (non-hydrogen) atoms. The second kappa shape index (κ2) is 5.25. The quantitative estimate of drug-likeness (QED) is 0.916. The summed E-state index contributed by atoms with van der Waals surface area (Å²) < 4.78 is 5.30. The normalized spacial score (nSPS) is 16.3. The molecule has 0 aliphatic carbocycles. The van der Waals surface area contributed by atoms with Crippen molar-refractivity contribution in [3.8, 4) is 5.75 Å². The van der Waals surface area contributed by atoms with Crippen LogP contribution >= 0.6 is 0 Å². The number of fused-ring (bicyclic) bond motifs is 3. The van der Waals surface area contributed by atoms with Gasteiger partial charge in [0.2, 0.25) is 0 Å². The summed E-state index contributed by atoms with van der Waals surface area (Å²) in [5.41, 5.74) is 4.14. The van der Waals surface area contributed by atoms with Crippen molar-refractivity contribution >= 4 is 10.9 Å². The maximum absolute atomic E-state index is 5.30. The lowest BCUT2D eigenvalue weighted by Crippen LogP contribution is -2.27. The van der Waals surface area contributed by atoms with Gasteiger partial charge >= 0.3 is 0 Å². The zero-order valence-corrected chi connectivity index (χ0v) is 11.8. The predicted molar refractivity (Wildman–Crippen MR) is 79.0 cm³/mol. The average molecular weight is 258 g/mol. The topological polar surface area (TPSA) is 28.3 Å². The highest BCUT2D eigenvalue weighted by Gasteiger charge is 2.17. The third-order valence-corrected chi connectivity index (χ3v) is 4.10. The molecule has 1 aromatic carbocycles.